The fourth-order valence-electron chi connectivity index (χ4n) is 3.38. The van der Waals surface area contributed by atoms with Gasteiger partial charge in [-0.25, -0.2) is 0 Å². The summed E-state index contributed by atoms with van der Waals surface area (Å²) in [6.45, 7) is 0. The summed E-state index contributed by atoms with van der Waals surface area (Å²) in [5.41, 5.74) is 4.35. The normalized spacial score (nSPS) is 11.1. The molecular formula is C27H16F3NO. The second-order valence-corrected chi connectivity index (χ2v) is 7.25. The first-order valence-electron chi connectivity index (χ1n) is 9.78. The van der Waals surface area contributed by atoms with Crippen LogP contribution in [0.2, 0.25) is 0 Å². The SMILES string of the molecule is N#Cc1ccc(-c2ccc(-c3ccc(C(=O)c4ccc(C(F)(F)F)cc4)cc3)cc2)cc1. The molecule has 0 N–H and O–H groups in total. The zero-order valence-corrected chi connectivity index (χ0v) is 16.7. The van der Waals surface area contributed by atoms with Gasteiger partial charge in [-0.1, -0.05) is 72.8 Å². The molecule has 0 aliphatic rings. The summed E-state index contributed by atoms with van der Waals surface area (Å²) in [5.74, 6) is -0.332. The van der Waals surface area contributed by atoms with Gasteiger partial charge in [0.1, 0.15) is 0 Å². The molecule has 0 aliphatic heterocycles. The average Bonchev–Trinajstić information content (AvgIpc) is 2.83. The molecule has 156 valence electrons. The quantitative estimate of drug-likeness (QED) is 0.325. The largest absolute Gasteiger partial charge is 0.416 e. The molecule has 0 saturated carbocycles. The number of carbonyl (C=O) groups is 1. The Morgan fingerprint density at radius 2 is 0.938 bits per heavy atom. The Morgan fingerprint density at radius 3 is 1.31 bits per heavy atom. The van der Waals surface area contributed by atoms with Crippen molar-refractivity contribution in [3.05, 3.63) is 119 Å². The van der Waals surface area contributed by atoms with E-state index >= 15 is 0 Å². The minimum Gasteiger partial charge on any atom is -0.289 e. The summed E-state index contributed by atoms with van der Waals surface area (Å²) in [6.07, 6.45) is -4.43. The van der Waals surface area contributed by atoms with E-state index in [0.717, 1.165) is 34.4 Å². The van der Waals surface area contributed by atoms with Crippen LogP contribution in [0.5, 0.6) is 0 Å². The van der Waals surface area contributed by atoms with Crippen LogP contribution in [0.3, 0.4) is 0 Å². The molecule has 0 heterocycles. The van der Waals surface area contributed by atoms with E-state index in [4.69, 9.17) is 5.26 Å². The number of benzene rings is 4. The molecule has 2 nitrogen and oxygen atoms in total. The van der Waals surface area contributed by atoms with Gasteiger partial charge in [0.15, 0.2) is 5.78 Å². The summed E-state index contributed by atoms with van der Waals surface area (Å²) in [7, 11) is 0. The van der Waals surface area contributed by atoms with Gasteiger partial charge in [-0.2, -0.15) is 18.4 Å². The lowest BCUT2D eigenvalue weighted by atomic mass is 9.97. The number of alkyl halides is 3. The zero-order valence-electron chi connectivity index (χ0n) is 16.7. The van der Waals surface area contributed by atoms with E-state index in [1.165, 1.54) is 12.1 Å². The van der Waals surface area contributed by atoms with Crippen LogP contribution in [-0.4, -0.2) is 5.78 Å². The zero-order chi connectivity index (χ0) is 22.7. The number of hydrogen-bond donors (Lipinski definition) is 0. The van der Waals surface area contributed by atoms with E-state index in [9.17, 15) is 18.0 Å². The minimum atomic E-state index is -4.43. The van der Waals surface area contributed by atoms with Gasteiger partial charge in [-0.3, -0.25) is 4.79 Å². The molecule has 0 fully saturated rings. The van der Waals surface area contributed by atoms with Crippen molar-refractivity contribution in [2.45, 2.75) is 6.18 Å². The first kappa shape index (κ1) is 21.1. The van der Waals surface area contributed by atoms with Crippen molar-refractivity contribution in [1.29, 1.82) is 5.26 Å². The average molecular weight is 427 g/mol. The van der Waals surface area contributed by atoms with Gasteiger partial charge in [0, 0.05) is 11.1 Å². The first-order valence-corrected chi connectivity index (χ1v) is 9.78. The highest BCUT2D eigenvalue weighted by Crippen LogP contribution is 2.30. The lowest BCUT2D eigenvalue weighted by Crippen LogP contribution is -2.06. The Hall–Kier alpha value is -4.17. The minimum absolute atomic E-state index is 0.206. The Morgan fingerprint density at radius 1 is 0.594 bits per heavy atom. The maximum Gasteiger partial charge on any atom is 0.416 e. The lowest BCUT2D eigenvalue weighted by Gasteiger charge is -2.08. The number of halogens is 3. The molecule has 32 heavy (non-hydrogen) atoms. The van der Waals surface area contributed by atoms with Gasteiger partial charge < -0.3 is 0 Å². The maximum atomic E-state index is 12.7. The summed E-state index contributed by atoms with van der Waals surface area (Å²) in [5, 5.41) is 8.91. The molecule has 0 bridgehead atoms. The highest BCUT2D eigenvalue weighted by molar-refractivity contribution is 6.09. The molecule has 4 aromatic carbocycles. The summed E-state index contributed by atoms with van der Waals surface area (Å²) in [4.78, 5) is 12.6. The lowest BCUT2D eigenvalue weighted by molar-refractivity contribution is -0.137. The van der Waals surface area contributed by atoms with E-state index in [1.807, 2.05) is 48.5 Å². The molecule has 0 spiro atoms. The molecule has 0 amide bonds. The number of rotatable bonds is 4. The topological polar surface area (TPSA) is 40.9 Å². The molecule has 0 radical (unpaired) electrons. The Kier molecular flexibility index (Phi) is 5.61. The van der Waals surface area contributed by atoms with Crippen LogP contribution in [0.4, 0.5) is 13.2 Å². The smallest absolute Gasteiger partial charge is 0.289 e. The Bertz CT molecular complexity index is 1280. The van der Waals surface area contributed by atoms with E-state index in [-0.39, 0.29) is 11.3 Å². The first-order chi connectivity index (χ1) is 15.3. The van der Waals surface area contributed by atoms with Gasteiger partial charge in [-0.15, -0.1) is 0 Å². The predicted molar refractivity (Wildman–Crippen MR) is 117 cm³/mol. The standard InChI is InChI=1S/C27H16F3NO/c28-27(29,30)25-15-13-24(14-16-25)26(32)23-11-9-22(10-12-23)21-7-5-20(6-8-21)19-3-1-18(17-31)2-4-19/h1-16H. The van der Waals surface area contributed by atoms with Gasteiger partial charge in [0.2, 0.25) is 0 Å². The van der Waals surface area contributed by atoms with Gasteiger partial charge in [0.25, 0.3) is 0 Å². The van der Waals surface area contributed by atoms with Gasteiger partial charge in [-0.05, 0) is 46.5 Å². The van der Waals surface area contributed by atoms with Crippen molar-refractivity contribution in [3.63, 3.8) is 0 Å². The molecule has 5 heteroatoms. The van der Waals surface area contributed by atoms with Crippen LogP contribution in [0.25, 0.3) is 22.3 Å². The number of nitrogens with zero attached hydrogens (tertiary/aromatic N) is 1. The second kappa shape index (κ2) is 8.52. The van der Waals surface area contributed by atoms with Crippen molar-refractivity contribution >= 4 is 5.78 Å². The van der Waals surface area contributed by atoms with Crippen molar-refractivity contribution in [2.75, 3.05) is 0 Å². The third-order valence-electron chi connectivity index (χ3n) is 5.19. The number of carbonyl (C=O) groups excluding carboxylic acids is 1. The van der Waals surface area contributed by atoms with Crippen LogP contribution in [-0.2, 0) is 6.18 Å². The van der Waals surface area contributed by atoms with Crippen LogP contribution in [0, 0.1) is 11.3 Å². The fraction of sp³-hybridized carbons (Fsp3) is 0.0370. The molecule has 0 atom stereocenters. The monoisotopic (exact) mass is 427 g/mol. The summed E-state index contributed by atoms with van der Waals surface area (Å²) in [6, 6.07) is 28.5. The fourth-order valence-corrected chi connectivity index (χ4v) is 3.38. The van der Waals surface area contributed by atoms with Crippen LogP contribution < -0.4 is 0 Å². The summed E-state index contributed by atoms with van der Waals surface area (Å²) < 4.78 is 38.1. The molecule has 4 aromatic rings. The highest BCUT2D eigenvalue weighted by Gasteiger charge is 2.30. The predicted octanol–water partition coefficient (Wildman–Crippen LogP) is 7.14. The summed E-state index contributed by atoms with van der Waals surface area (Å²) >= 11 is 0. The van der Waals surface area contributed by atoms with E-state index < -0.39 is 11.7 Å². The van der Waals surface area contributed by atoms with Crippen molar-refractivity contribution < 1.29 is 18.0 Å². The maximum absolute atomic E-state index is 12.7. The van der Waals surface area contributed by atoms with Crippen molar-refractivity contribution in [1.82, 2.24) is 0 Å². The second-order valence-electron chi connectivity index (χ2n) is 7.25. The molecule has 0 saturated heterocycles. The molecule has 0 aromatic heterocycles. The molecule has 0 aliphatic carbocycles. The van der Waals surface area contributed by atoms with Gasteiger partial charge in [0.05, 0.1) is 17.2 Å². The Balaban J connectivity index is 1.50. The van der Waals surface area contributed by atoms with Crippen molar-refractivity contribution in [2.24, 2.45) is 0 Å². The molecule has 4 rings (SSSR count). The van der Waals surface area contributed by atoms with Crippen LogP contribution >= 0.6 is 0 Å². The number of hydrogen-bond acceptors (Lipinski definition) is 2. The van der Waals surface area contributed by atoms with Crippen LogP contribution in [0.15, 0.2) is 97.1 Å². The van der Waals surface area contributed by atoms with E-state index in [0.29, 0.717) is 11.1 Å². The van der Waals surface area contributed by atoms with Crippen LogP contribution in [0.1, 0.15) is 27.0 Å². The van der Waals surface area contributed by atoms with Crippen molar-refractivity contribution in [3.8, 4) is 28.3 Å². The highest BCUT2D eigenvalue weighted by atomic mass is 19.4. The number of ketones is 1. The van der Waals surface area contributed by atoms with E-state index in [2.05, 4.69) is 6.07 Å². The third-order valence-corrected chi connectivity index (χ3v) is 5.19. The van der Waals surface area contributed by atoms with Gasteiger partial charge >= 0.3 is 6.18 Å². The molecular weight excluding hydrogens is 411 g/mol. The molecule has 0 unspecified atom stereocenters. The van der Waals surface area contributed by atoms with E-state index in [1.54, 1.807) is 24.3 Å². The number of nitriles is 1. The third kappa shape index (κ3) is 4.45. The Labute approximate surface area is 183 Å².